The summed E-state index contributed by atoms with van der Waals surface area (Å²) in [5.74, 6) is 0.517. The topological polar surface area (TPSA) is 70.8 Å². The van der Waals surface area contributed by atoms with Crippen molar-refractivity contribution in [3.05, 3.63) is 52.9 Å². The largest absolute Gasteiger partial charge is 0.381 e. The fourth-order valence-electron chi connectivity index (χ4n) is 2.95. The van der Waals surface area contributed by atoms with E-state index in [0.29, 0.717) is 31.3 Å². The Morgan fingerprint density at radius 2 is 2.04 bits per heavy atom. The van der Waals surface area contributed by atoms with Crippen LogP contribution in [0, 0.1) is 11.3 Å². The van der Waals surface area contributed by atoms with Crippen LogP contribution in [-0.2, 0) is 10.2 Å². The van der Waals surface area contributed by atoms with E-state index in [4.69, 9.17) is 21.6 Å². The molecule has 118 valence electrons. The van der Waals surface area contributed by atoms with Gasteiger partial charge < -0.3 is 10.1 Å². The fourth-order valence-corrected chi connectivity index (χ4v) is 3.14. The van der Waals surface area contributed by atoms with Gasteiger partial charge in [0, 0.05) is 42.6 Å². The quantitative estimate of drug-likeness (QED) is 0.933. The number of anilines is 1. The standard InChI is InChI=1S/C17H17ClN4O/c18-14-3-1-2-13(10-14)17(4-8-23-9-5-17)12-22-16-15(11-19)20-6-7-21-16/h1-3,6-7,10H,4-5,8-9,12H2,(H,21,22). The molecule has 23 heavy (non-hydrogen) atoms. The smallest absolute Gasteiger partial charge is 0.182 e. The van der Waals surface area contributed by atoms with Crippen LogP contribution in [0.5, 0.6) is 0 Å². The second kappa shape index (κ2) is 6.95. The monoisotopic (exact) mass is 328 g/mol. The van der Waals surface area contributed by atoms with Gasteiger partial charge in [0.15, 0.2) is 11.5 Å². The molecular formula is C17H17ClN4O. The Morgan fingerprint density at radius 1 is 1.26 bits per heavy atom. The third-order valence-electron chi connectivity index (χ3n) is 4.29. The third-order valence-corrected chi connectivity index (χ3v) is 4.52. The average Bonchev–Trinajstić information content (AvgIpc) is 2.61. The first-order chi connectivity index (χ1) is 11.2. The van der Waals surface area contributed by atoms with Crippen LogP contribution in [-0.4, -0.2) is 29.7 Å². The van der Waals surface area contributed by atoms with E-state index in [1.807, 2.05) is 18.2 Å². The number of nitrogens with zero attached hydrogens (tertiary/aromatic N) is 3. The fraction of sp³-hybridized carbons (Fsp3) is 0.353. The van der Waals surface area contributed by atoms with Crippen LogP contribution >= 0.6 is 11.6 Å². The number of halogens is 1. The number of rotatable bonds is 4. The minimum atomic E-state index is -0.0899. The Morgan fingerprint density at radius 3 is 2.78 bits per heavy atom. The van der Waals surface area contributed by atoms with Crippen LogP contribution in [0.3, 0.4) is 0 Å². The summed E-state index contributed by atoms with van der Waals surface area (Å²) < 4.78 is 5.53. The van der Waals surface area contributed by atoms with Crippen molar-refractivity contribution in [2.75, 3.05) is 25.1 Å². The molecule has 0 unspecified atom stereocenters. The number of aromatic nitrogens is 2. The molecule has 0 aliphatic carbocycles. The van der Waals surface area contributed by atoms with Crippen LogP contribution in [0.15, 0.2) is 36.7 Å². The lowest BCUT2D eigenvalue weighted by Crippen LogP contribution is -2.40. The Hall–Kier alpha value is -2.16. The van der Waals surface area contributed by atoms with Gasteiger partial charge in [-0.15, -0.1) is 0 Å². The molecule has 6 heteroatoms. The number of ether oxygens (including phenoxy) is 1. The normalized spacial score (nSPS) is 16.5. The summed E-state index contributed by atoms with van der Waals surface area (Å²) in [7, 11) is 0. The summed E-state index contributed by atoms with van der Waals surface area (Å²) in [5, 5.41) is 13.2. The molecule has 3 rings (SSSR count). The van der Waals surface area contributed by atoms with Gasteiger partial charge in [0.25, 0.3) is 0 Å². The van der Waals surface area contributed by atoms with Crippen molar-refractivity contribution in [1.29, 1.82) is 5.26 Å². The van der Waals surface area contributed by atoms with E-state index in [9.17, 15) is 0 Å². The molecule has 0 bridgehead atoms. The maximum absolute atomic E-state index is 9.14. The van der Waals surface area contributed by atoms with Crippen molar-refractivity contribution in [3.63, 3.8) is 0 Å². The minimum absolute atomic E-state index is 0.0899. The van der Waals surface area contributed by atoms with Gasteiger partial charge in [0.05, 0.1) is 0 Å². The molecule has 1 aliphatic rings. The number of hydrogen-bond donors (Lipinski definition) is 1. The third kappa shape index (κ3) is 3.44. The van der Waals surface area contributed by atoms with Gasteiger partial charge in [0.1, 0.15) is 6.07 Å². The molecule has 1 saturated heterocycles. The number of nitriles is 1. The van der Waals surface area contributed by atoms with Crippen molar-refractivity contribution in [2.45, 2.75) is 18.3 Å². The van der Waals surface area contributed by atoms with E-state index in [-0.39, 0.29) is 5.41 Å². The van der Waals surface area contributed by atoms with E-state index in [2.05, 4.69) is 27.4 Å². The summed E-state index contributed by atoms with van der Waals surface area (Å²) in [5.41, 5.74) is 1.40. The van der Waals surface area contributed by atoms with Crippen molar-refractivity contribution in [2.24, 2.45) is 0 Å². The predicted molar refractivity (Wildman–Crippen MR) is 88.4 cm³/mol. The summed E-state index contributed by atoms with van der Waals surface area (Å²) >= 11 is 6.17. The van der Waals surface area contributed by atoms with Gasteiger partial charge >= 0.3 is 0 Å². The Bertz CT molecular complexity index is 723. The van der Waals surface area contributed by atoms with Crippen molar-refractivity contribution >= 4 is 17.4 Å². The van der Waals surface area contributed by atoms with Crippen LogP contribution in [0.4, 0.5) is 5.82 Å². The van der Waals surface area contributed by atoms with Crippen molar-refractivity contribution < 1.29 is 4.74 Å². The second-order valence-corrected chi connectivity index (χ2v) is 6.06. The van der Waals surface area contributed by atoms with Gasteiger partial charge in [-0.05, 0) is 30.5 Å². The van der Waals surface area contributed by atoms with E-state index in [1.54, 1.807) is 6.20 Å². The first kappa shape index (κ1) is 15.7. The minimum Gasteiger partial charge on any atom is -0.381 e. The zero-order chi connectivity index (χ0) is 16.1. The van der Waals surface area contributed by atoms with Crippen LogP contribution in [0.2, 0.25) is 5.02 Å². The van der Waals surface area contributed by atoms with Crippen molar-refractivity contribution in [3.8, 4) is 6.07 Å². The molecule has 1 aromatic carbocycles. The van der Waals surface area contributed by atoms with Crippen LogP contribution in [0.1, 0.15) is 24.1 Å². The van der Waals surface area contributed by atoms with E-state index in [0.717, 1.165) is 17.9 Å². The zero-order valence-electron chi connectivity index (χ0n) is 12.6. The zero-order valence-corrected chi connectivity index (χ0v) is 13.4. The lowest BCUT2D eigenvalue weighted by molar-refractivity contribution is 0.0543. The Labute approximate surface area is 140 Å². The highest BCUT2D eigenvalue weighted by molar-refractivity contribution is 6.30. The molecule has 0 saturated carbocycles. The highest BCUT2D eigenvalue weighted by atomic mass is 35.5. The highest BCUT2D eigenvalue weighted by Crippen LogP contribution is 2.36. The molecule has 0 spiro atoms. The first-order valence-electron chi connectivity index (χ1n) is 7.52. The Balaban J connectivity index is 1.87. The maximum atomic E-state index is 9.14. The molecule has 1 aromatic heterocycles. The van der Waals surface area contributed by atoms with E-state index in [1.165, 1.54) is 11.8 Å². The molecular weight excluding hydrogens is 312 g/mol. The van der Waals surface area contributed by atoms with Gasteiger partial charge in [-0.25, -0.2) is 9.97 Å². The predicted octanol–water partition coefficient (Wildman–Crippen LogP) is 3.16. The summed E-state index contributed by atoms with van der Waals surface area (Å²) in [6, 6.07) is 10.0. The van der Waals surface area contributed by atoms with Gasteiger partial charge in [-0.1, -0.05) is 23.7 Å². The molecule has 2 aromatic rings. The lowest BCUT2D eigenvalue weighted by atomic mass is 9.74. The first-order valence-corrected chi connectivity index (χ1v) is 7.90. The summed E-state index contributed by atoms with van der Waals surface area (Å²) in [6.45, 7) is 2.07. The number of benzene rings is 1. The second-order valence-electron chi connectivity index (χ2n) is 5.62. The van der Waals surface area contributed by atoms with Gasteiger partial charge in [-0.3, -0.25) is 0 Å². The van der Waals surface area contributed by atoms with Crippen LogP contribution < -0.4 is 5.32 Å². The molecule has 5 nitrogen and oxygen atoms in total. The Kier molecular flexibility index (Phi) is 4.75. The SMILES string of the molecule is N#Cc1nccnc1NCC1(c2cccc(Cl)c2)CCOCC1. The van der Waals surface area contributed by atoms with Crippen LogP contribution in [0.25, 0.3) is 0 Å². The molecule has 1 N–H and O–H groups in total. The van der Waals surface area contributed by atoms with Gasteiger partial charge in [0.2, 0.25) is 0 Å². The summed E-state index contributed by atoms with van der Waals surface area (Å²) in [4.78, 5) is 8.26. The highest BCUT2D eigenvalue weighted by Gasteiger charge is 2.34. The number of hydrogen-bond acceptors (Lipinski definition) is 5. The van der Waals surface area contributed by atoms with Crippen molar-refractivity contribution in [1.82, 2.24) is 9.97 Å². The number of nitrogens with one attached hydrogen (secondary N) is 1. The molecule has 2 heterocycles. The lowest BCUT2D eigenvalue weighted by Gasteiger charge is -2.38. The molecule has 1 aliphatic heterocycles. The molecule has 1 fully saturated rings. The molecule has 0 amide bonds. The van der Waals surface area contributed by atoms with Gasteiger partial charge in [-0.2, -0.15) is 5.26 Å². The van der Waals surface area contributed by atoms with E-state index >= 15 is 0 Å². The average molecular weight is 329 g/mol. The van der Waals surface area contributed by atoms with E-state index < -0.39 is 0 Å². The molecule has 0 atom stereocenters. The maximum Gasteiger partial charge on any atom is 0.182 e. The molecule has 0 radical (unpaired) electrons. The summed E-state index contributed by atoms with van der Waals surface area (Å²) in [6.07, 6.45) is 4.88.